The van der Waals surface area contributed by atoms with Gasteiger partial charge in [0.25, 0.3) is 5.91 Å². The maximum absolute atomic E-state index is 12.6. The molecule has 27 heavy (non-hydrogen) atoms. The Morgan fingerprint density at radius 1 is 0.963 bits per heavy atom. The van der Waals surface area contributed by atoms with Crippen LogP contribution >= 0.6 is 0 Å². The van der Waals surface area contributed by atoms with Crippen molar-refractivity contribution in [3.8, 4) is 0 Å². The van der Waals surface area contributed by atoms with Crippen LogP contribution in [-0.2, 0) is 9.59 Å². The Hall–Kier alpha value is -2.51. The van der Waals surface area contributed by atoms with Crippen LogP contribution in [0.15, 0.2) is 12.4 Å². The lowest BCUT2D eigenvalue weighted by Crippen LogP contribution is -2.41. The van der Waals surface area contributed by atoms with E-state index in [1.807, 2.05) is 11.8 Å². The lowest BCUT2D eigenvalue weighted by Gasteiger charge is -2.28. The zero-order chi connectivity index (χ0) is 19.2. The molecule has 2 aliphatic heterocycles. The summed E-state index contributed by atoms with van der Waals surface area (Å²) < 4.78 is 0. The largest absolute Gasteiger partial charge is 0.342 e. The summed E-state index contributed by atoms with van der Waals surface area (Å²) in [5.41, 5.74) is 1.11. The lowest BCUT2D eigenvalue weighted by atomic mass is 10.1. The van der Waals surface area contributed by atoms with E-state index in [4.69, 9.17) is 0 Å². The molecule has 0 N–H and O–H groups in total. The van der Waals surface area contributed by atoms with Crippen molar-refractivity contribution in [2.75, 3.05) is 39.3 Å². The van der Waals surface area contributed by atoms with E-state index in [1.54, 1.807) is 16.0 Å². The minimum atomic E-state index is -0.143. The summed E-state index contributed by atoms with van der Waals surface area (Å²) in [6, 6.07) is 0. The molecule has 3 heterocycles. The van der Waals surface area contributed by atoms with E-state index in [0.29, 0.717) is 51.3 Å². The standard InChI is InChI=1S/C19H27N5O3/c1-15-13-21-16(14-20-15)19(27)24-9-4-8-23(11-12-24)18(26)6-10-22-7-3-2-5-17(22)25/h13-14H,2-12H2,1H3. The molecule has 8 heteroatoms. The predicted molar refractivity (Wildman–Crippen MR) is 98.9 cm³/mol. The van der Waals surface area contributed by atoms with Crippen LogP contribution in [0, 0.1) is 6.92 Å². The number of nitrogens with zero attached hydrogens (tertiary/aromatic N) is 5. The van der Waals surface area contributed by atoms with Gasteiger partial charge in [-0.2, -0.15) is 0 Å². The van der Waals surface area contributed by atoms with Crippen molar-refractivity contribution in [3.63, 3.8) is 0 Å². The zero-order valence-electron chi connectivity index (χ0n) is 15.9. The van der Waals surface area contributed by atoms with Gasteiger partial charge in [0, 0.05) is 58.3 Å². The second-order valence-corrected chi connectivity index (χ2v) is 7.16. The normalized spacial score (nSPS) is 18.4. The Kier molecular flexibility index (Phi) is 6.36. The van der Waals surface area contributed by atoms with Gasteiger partial charge in [-0.05, 0) is 26.2 Å². The van der Waals surface area contributed by atoms with Crippen molar-refractivity contribution in [3.05, 3.63) is 23.8 Å². The third-order valence-corrected chi connectivity index (χ3v) is 5.15. The summed E-state index contributed by atoms with van der Waals surface area (Å²) in [6.07, 6.45) is 6.73. The first kappa shape index (κ1) is 19.3. The fourth-order valence-corrected chi connectivity index (χ4v) is 3.52. The number of aryl methyl sites for hydroxylation is 1. The number of hydrogen-bond donors (Lipinski definition) is 0. The topological polar surface area (TPSA) is 86.7 Å². The second-order valence-electron chi connectivity index (χ2n) is 7.16. The quantitative estimate of drug-likeness (QED) is 0.781. The fraction of sp³-hybridized carbons (Fsp3) is 0.632. The molecule has 1 aromatic heterocycles. The average molecular weight is 373 g/mol. The highest BCUT2D eigenvalue weighted by Crippen LogP contribution is 2.12. The van der Waals surface area contributed by atoms with Crippen LogP contribution in [0.25, 0.3) is 0 Å². The van der Waals surface area contributed by atoms with Gasteiger partial charge in [-0.3, -0.25) is 19.4 Å². The Balaban J connectivity index is 1.50. The van der Waals surface area contributed by atoms with Crippen LogP contribution in [-0.4, -0.2) is 81.7 Å². The Morgan fingerprint density at radius 2 is 1.74 bits per heavy atom. The highest BCUT2D eigenvalue weighted by atomic mass is 16.2. The predicted octanol–water partition coefficient (Wildman–Crippen LogP) is 0.862. The molecule has 0 aromatic carbocycles. The summed E-state index contributed by atoms with van der Waals surface area (Å²) in [5, 5.41) is 0. The molecule has 0 spiro atoms. The van der Waals surface area contributed by atoms with Crippen molar-refractivity contribution in [2.45, 2.75) is 39.0 Å². The van der Waals surface area contributed by atoms with E-state index >= 15 is 0 Å². The van der Waals surface area contributed by atoms with Crippen LogP contribution in [0.4, 0.5) is 0 Å². The highest BCUT2D eigenvalue weighted by Gasteiger charge is 2.25. The van der Waals surface area contributed by atoms with Crippen molar-refractivity contribution >= 4 is 17.7 Å². The fourth-order valence-electron chi connectivity index (χ4n) is 3.52. The number of aromatic nitrogens is 2. The number of carbonyl (C=O) groups excluding carboxylic acids is 3. The molecule has 8 nitrogen and oxygen atoms in total. The molecule has 146 valence electrons. The zero-order valence-corrected chi connectivity index (χ0v) is 15.9. The molecule has 0 aliphatic carbocycles. The molecule has 3 rings (SSSR count). The monoisotopic (exact) mass is 373 g/mol. The first-order valence-electron chi connectivity index (χ1n) is 9.68. The van der Waals surface area contributed by atoms with E-state index in [0.717, 1.165) is 31.5 Å². The van der Waals surface area contributed by atoms with Gasteiger partial charge in [0.05, 0.1) is 11.9 Å². The van der Waals surface area contributed by atoms with Crippen LogP contribution in [0.2, 0.25) is 0 Å². The number of amides is 3. The molecular weight excluding hydrogens is 346 g/mol. The molecule has 0 saturated carbocycles. The van der Waals surface area contributed by atoms with Crippen LogP contribution in [0.1, 0.15) is 48.3 Å². The first-order chi connectivity index (χ1) is 13.0. The summed E-state index contributed by atoms with van der Waals surface area (Å²) in [7, 11) is 0. The second kappa shape index (κ2) is 8.92. The molecule has 2 fully saturated rings. The molecule has 0 unspecified atom stereocenters. The van der Waals surface area contributed by atoms with Gasteiger partial charge in [0.1, 0.15) is 5.69 Å². The van der Waals surface area contributed by atoms with E-state index in [1.165, 1.54) is 6.20 Å². The smallest absolute Gasteiger partial charge is 0.274 e. The lowest BCUT2D eigenvalue weighted by molar-refractivity contribution is -0.135. The Morgan fingerprint density at radius 3 is 2.48 bits per heavy atom. The Bertz CT molecular complexity index is 691. The summed E-state index contributed by atoms with van der Waals surface area (Å²) >= 11 is 0. The van der Waals surface area contributed by atoms with Gasteiger partial charge in [-0.1, -0.05) is 0 Å². The average Bonchev–Trinajstić information content (AvgIpc) is 2.93. The molecule has 0 atom stereocenters. The SMILES string of the molecule is Cc1cnc(C(=O)N2CCCN(C(=O)CCN3CCCCC3=O)CC2)cn1. The third kappa shape index (κ3) is 5.02. The minimum absolute atomic E-state index is 0.0535. The van der Waals surface area contributed by atoms with Crippen LogP contribution in [0.3, 0.4) is 0 Å². The molecule has 3 amide bonds. The number of rotatable bonds is 4. The molecule has 2 aliphatic rings. The Labute approximate surface area is 159 Å². The van der Waals surface area contributed by atoms with Crippen LogP contribution < -0.4 is 0 Å². The van der Waals surface area contributed by atoms with Gasteiger partial charge in [-0.15, -0.1) is 0 Å². The van der Waals surface area contributed by atoms with Gasteiger partial charge < -0.3 is 14.7 Å². The highest BCUT2D eigenvalue weighted by molar-refractivity contribution is 5.92. The molecule has 0 radical (unpaired) electrons. The van der Waals surface area contributed by atoms with Crippen LogP contribution in [0.5, 0.6) is 0 Å². The van der Waals surface area contributed by atoms with Gasteiger partial charge >= 0.3 is 0 Å². The number of piperidine rings is 1. The maximum Gasteiger partial charge on any atom is 0.274 e. The minimum Gasteiger partial charge on any atom is -0.342 e. The van der Waals surface area contributed by atoms with Gasteiger partial charge in [0.15, 0.2) is 0 Å². The summed E-state index contributed by atoms with van der Waals surface area (Å²) in [4.78, 5) is 50.6. The summed E-state index contributed by atoms with van der Waals surface area (Å²) in [5.74, 6) is 0.0643. The van der Waals surface area contributed by atoms with Gasteiger partial charge in [-0.25, -0.2) is 4.98 Å². The van der Waals surface area contributed by atoms with Crippen molar-refractivity contribution < 1.29 is 14.4 Å². The van der Waals surface area contributed by atoms with E-state index in [2.05, 4.69) is 9.97 Å². The number of hydrogen-bond acceptors (Lipinski definition) is 5. The summed E-state index contributed by atoms with van der Waals surface area (Å²) in [6.45, 7) is 5.31. The van der Waals surface area contributed by atoms with E-state index in [-0.39, 0.29) is 17.7 Å². The third-order valence-electron chi connectivity index (χ3n) is 5.15. The molecular formula is C19H27N5O3. The number of carbonyl (C=O) groups is 3. The van der Waals surface area contributed by atoms with E-state index in [9.17, 15) is 14.4 Å². The van der Waals surface area contributed by atoms with Crippen molar-refractivity contribution in [1.82, 2.24) is 24.7 Å². The maximum atomic E-state index is 12.6. The first-order valence-corrected chi connectivity index (χ1v) is 9.68. The molecule has 1 aromatic rings. The van der Waals surface area contributed by atoms with E-state index < -0.39 is 0 Å². The molecule has 2 saturated heterocycles. The van der Waals surface area contributed by atoms with Gasteiger partial charge in [0.2, 0.25) is 11.8 Å². The molecule has 0 bridgehead atoms. The van der Waals surface area contributed by atoms with Crippen molar-refractivity contribution in [1.29, 1.82) is 0 Å². The number of likely N-dealkylation sites (tertiary alicyclic amines) is 1. The van der Waals surface area contributed by atoms with Crippen molar-refractivity contribution in [2.24, 2.45) is 0 Å².